The number of aromatic nitrogens is 3. The summed E-state index contributed by atoms with van der Waals surface area (Å²) in [7, 11) is 0. The minimum atomic E-state index is -0.355. The molecule has 0 unspecified atom stereocenters. The summed E-state index contributed by atoms with van der Waals surface area (Å²) in [6, 6.07) is 12.2. The highest BCUT2D eigenvalue weighted by Crippen LogP contribution is 2.30. The third-order valence-corrected chi connectivity index (χ3v) is 4.72. The van der Waals surface area contributed by atoms with Gasteiger partial charge in [0.05, 0.1) is 5.69 Å². The fourth-order valence-corrected chi connectivity index (χ4v) is 3.35. The first kappa shape index (κ1) is 18.7. The Kier molecular flexibility index (Phi) is 4.80. The molecule has 1 N–H and O–H groups in total. The van der Waals surface area contributed by atoms with Crippen LogP contribution in [0.3, 0.4) is 0 Å². The van der Waals surface area contributed by atoms with Crippen LogP contribution in [0, 0.1) is 25.5 Å². The summed E-state index contributed by atoms with van der Waals surface area (Å²) < 4.78 is 28.1. The average Bonchev–Trinajstić information content (AvgIpc) is 3.00. The topological polar surface area (TPSA) is 59.8 Å². The molecule has 0 radical (unpaired) electrons. The Labute approximate surface area is 166 Å². The second kappa shape index (κ2) is 7.43. The molecular weight excluding hydrogens is 374 g/mol. The number of aryl methyl sites for hydroxylation is 2. The number of hydrogen-bond acceptors (Lipinski definition) is 3. The van der Waals surface area contributed by atoms with Crippen LogP contribution in [-0.4, -0.2) is 20.7 Å². The first-order valence-electron chi connectivity index (χ1n) is 9.06. The number of nitrogens with zero attached hydrogens (tertiary/aromatic N) is 3. The van der Waals surface area contributed by atoms with Crippen LogP contribution in [0.2, 0.25) is 0 Å². The lowest BCUT2D eigenvalue weighted by atomic mass is 10.0. The van der Waals surface area contributed by atoms with Crippen molar-refractivity contribution >= 4 is 22.6 Å². The Morgan fingerprint density at radius 2 is 1.76 bits per heavy atom. The number of carbonyl (C=O) groups excluding carboxylic acids is 1. The smallest absolute Gasteiger partial charge is 0.246 e. The monoisotopic (exact) mass is 392 g/mol. The molecule has 0 saturated heterocycles. The van der Waals surface area contributed by atoms with Crippen LogP contribution in [0.15, 0.2) is 54.7 Å². The first-order valence-corrected chi connectivity index (χ1v) is 9.06. The van der Waals surface area contributed by atoms with Crippen molar-refractivity contribution in [2.75, 3.05) is 5.32 Å². The number of nitrogens with one attached hydrogen (secondary N) is 1. The largest absolute Gasteiger partial charge is 0.324 e. The summed E-state index contributed by atoms with van der Waals surface area (Å²) in [5, 5.41) is 8.06. The molecule has 0 spiro atoms. The highest BCUT2D eigenvalue weighted by atomic mass is 19.1. The summed E-state index contributed by atoms with van der Waals surface area (Å²) >= 11 is 0. The lowest BCUT2D eigenvalue weighted by molar-refractivity contribution is -0.116. The van der Waals surface area contributed by atoms with Gasteiger partial charge in [0.25, 0.3) is 0 Å². The minimum Gasteiger partial charge on any atom is -0.324 e. The van der Waals surface area contributed by atoms with E-state index >= 15 is 0 Å². The van der Waals surface area contributed by atoms with Crippen molar-refractivity contribution in [2.45, 2.75) is 20.4 Å². The summed E-state index contributed by atoms with van der Waals surface area (Å²) in [6.07, 6.45) is 1.64. The van der Waals surface area contributed by atoms with Crippen LogP contribution in [0.25, 0.3) is 22.2 Å². The molecule has 7 heteroatoms. The number of halogens is 2. The van der Waals surface area contributed by atoms with E-state index in [0.29, 0.717) is 16.9 Å². The van der Waals surface area contributed by atoms with Gasteiger partial charge in [0.2, 0.25) is 5.91 Å². The predicted molar refractivity (Wildman–Crippen MR) is 107 cm³/mol. The van der Waals surface area contributed by atoms with Gasteiger partial charge in [0, 0.05) is 17.3 Å². The Balaban J connectivity index is 1.66. The Bertz CT molecular complexity index is 1220. The molecular formula is C22H18F2N4O. The van der Waals surface area contributed by atoms with Gasteiger partial charge < -0.3 is 5.32 Å². The zero-order valence-electron chi connectivity index (χ0n) is 15.9. The van der Waals surface area contributed by atoms with Gasteiger partial charge >= 0.3 is 0 Å². The van der Waals surface area contributed by atoms with Crippen LogP contribution in [-0.2, 0) is 11.3 Å². The molecule has 5 nitrogen and oxygen atoms in total. The maximum Gasteiger partial charge on any atom is 0.246 e. The number of benzene rings is 2. The quantitative estimate of drug-likeness (QED) is 0.551. The normalized spacial score (nSPS) is 11.0. The second-order valence-corrected chi connectivity index (χ2v) is 6.81. The third kappa shape index (κ3) is 3.71. The fraction of sp³-hybridized carbons (Fsp3) is 0.136. The van der Waals surface area contributed by atoms with E-state index in [1.54, 1.807) is 25.3 Å². The number of carbonyl (C=O) groups is 1. The van der Waals surface area contributed by atoms with Gasteiger partial charge in [0.15, 0.2) is 5.65 Å². The molecule has 2 heterocycles. The number of rotatable bonds is 4. The Morgan fingerprint density at radius 3 is 2.48 bits per heavy atom. The zero-order chi connectivity index (χ0) is 20.5. The number of fused-ring (bicyclic) bond motifs is 1. The standard InChI is InChI=1S/C22H18F2N4O/c1-13-11-17(24)7-8-19(13)26-20(29)12-28-22-21(14(2)27-28)18(9-10-25-22)15-3-5-16(23)6-4-15/h3-11H,12H2,1-2H3,(H,26,29). The maximum atomic E-state index is 13.3. The number of pyridine rings is 1. The number of hydrogen-bond donors (Lipinski definition) is 1. The van der Waals surface area contributed by atoms with Crippen molar-refractivity contribution in [3.63, 3.8) is 0 Å². The van der Waals surface area contributed by atoms with Crippen LogP contribution in [0.5, 0.6) is 0 Å². The molecule has 146 valence electrons. The highest BCUT2D eigenvalue weighted by Gasteiger charge is 2.16. The second-order valence-electron chi connectivity index (χ2n) is 6.81. The highest BCUT2D eigenvalue weighted by molar-refractivity contribution is 5.96. The summed E-state index contributed by atoms with van der Waals surface area (Å²) in [5.41, 5.74) is 4.18. The lowest BCUT2D eigenvalue weighted by Gasteiger charge is -2.09. The van der Waals surface area contributed by atoms with E-state index < -0.39 is 0 Å². The molecule has 29 heavy (non-hydrogen) atoms. The molecule has 0 aliphatic heterocycles. The van der Waals surface area contributed by atoms with Gasteiger partial charge in [-0.3, -0.25) is 4.79 Å². The molecule has 0 saturated carbocycles. The summed E-state index contributed by atoms with van der Waals surface area (Å²) in [4.78, 5) is 16.9. The third-order valence-electron chi connectivity index (χ3n) is 4.72. The number of anilines is 1. The van der Waals surface area contributed by atoms with Gasteiger partial charge in [-0.05, 0) is 66.9 Å². The predicted octanol–water partition coefficient (Wildman–Crippen LogP) is 4.63. The van der Waals surface area contributed by atoms with E-state index in [1.165, 1.54) is 35.0 Å². The van der Waals surface area contributed by atoms with Crippen molar-refractivity contribution in [1.82, 2.24) is 14.8 Å². The summed E-state index contributed by atoms with van der Waals surface area (Å²) in [6.45, 7) is 3.53. The number of amides is 1. The van der Waals surface area contributed by atoms with Gasteiger partial charge in [-0.1, -0.05) is 12.1 Å². The average molecular weight is 392 g/mol. The van der Waals surface area contributed by atoms with Crippen LogP contribution in [0.4, 0.5) is 14.5 Å². The molecule has 2 aromatic heterocycles. The van der Waals surface area contributed by atoms with Gasteiger partial charge in [-0.25, -0.2) is 18.4 Å². The molecule has 0 aliphatic carbocycles. The van der Waals surface area contributed by atoms with Gasteiger partial charge in [-0.15, -0.1) is 0 Å². The van der Waals surface area contributed by atoms with Crippen molar-refractivity contribution in [1.29, 1.82) is 0 Å². The Morgan fingerprint density at radius 1 is 1.03 bits per heavy atom. The van der Waals surface area contributed by atoms with Crippen molar-refractivity contribution in [3.05, 3.63) is 77.6 Å². The van der Waals surface area contributed by atoms with Gasteiger partial charge in [-0.2, -0.15) is 5.10 Å². The lowest BCUT2D eigenvalue weighted by Crippen LogP contribution is -2.20. The van der Waals surface area contributed by atoms with Crippen molar-refractivity contribution in [3.8, 4) is 11.1 Å². The molecule has 2 aromatic carbocycles. The van der Waals surface area contributed by atoms with Crippen molar-refractivity contribution in [2.24, 2.45) is 0 Å². The molecule has 0 fully saturated rings. The van der Waals surface area contributed by atoms with Crippen molar-refractivity contribution < 1.29 is 13.6 Å². The van der Waals surface area contributed by atoms with E-state index in [0.717, 1.165) is 22.2 Å². The van der Waals surface area contributed by atoms with E-state index in [9.17, 15) is 13.6 Å². The van der Waals surface area contributed by atoms with Gasteiger partial charge in [0.1, 0.15) is 18.2 Å². The van der Waals surface area contributed by atoms with Crippen LogP contribution < -0.4 is 5.32 Å². The molecule has 4 aromatic rings. The van der Waals surface area contributed by atoms with E-state index in [-0.39, 0.29) is 24.1 Å². The SMILES string of the molecule is Cc1cc(F)ccc1NC(=O)Cn1nc(C)c2c(-c3ccc(F)cc3)ccnc21. The first-order chi connectivity index (χ1) is 13.9. The van der Waals surface area contributed by atoms with E-state index in [2.05, 4.69) is 15.4 Å². The molecule has 1 amide bonds. The van der Waals surface area contributed by atoms with Crippen LogP contribution in [0.1, 0.15) is 11.3 Å². The maximum absolute atomic E-state index is 13.3. The summed E-state index contributed by atoms with van der Waals surface area (Å²) in [5.74, 6) is -0.955. The molecule has 0 bridgehead atoms. The molecule has 0 aliphatic rings. The van der Waals surface area contributed by atoms with E-state index in [4.69, 9.17) is 0 Å². The molecule has 0 atom stereocenters. The Hall–Kier alpha value is -3.61. The van der Waals surface area contributed by atoms with Crippen LogP contribution >= 0.6 is 0 Å². The fourth-order valence-electron chi connectivity index (χ4n) is 3.35. The van der Waals surface area contributed by atoms with E-state index in [1.807, 2.05) is 13.0 Å². The zero-order valence-corrected chi connectivity index (χ0v) is 15.9. The molecule has 4 rings (SSSR count). The minimum absolute atomic E-state index is 0.0406.